The van der Waals surface area contributed by atoms with Crippen molar-refractivity contribution >= 4 is 0 Å². The summed E-state index contributed by atoms with van der Waals surface area (Å²) in [5, 5.41) is 9.85. The van der Waals surface area contributed by atoms with Crippen molar-refractivity contribution in [3.63, 3.8) is 0 Å². The molecule has 2 aliphatic rings. The normalized spacial score (nSPS) is 17.3. The highest BCUT2D eigenvalue weighted by atomic mass is 16.5. The minimum atomic E-state index is -0.349. The van der Waals surface area contributed by atoms with Crippen molar-refractivity contribution in [1.29, 1.82) is 0 Å². The van der Waals surface area contributed by atoms with Gasteiger partial charge in [-0.25, -0.2) is 0 Å². The first kappa shape index (κ1) is 14.5. The third-order valence-corrected chi connectivity index (χ3v) is 4.47. The van der Waals surface area contributed by atoms with Gasteiger partial charge in [0.2, 0.25) is 0 Å². The SMILES string of the molecule is COc1c2c(c(C(C)(C)CO)c3c1OCCC3)OCCC2. The van der Waals surface area contributed by atoms with Crippen LogP contribution in [-0.2, 0) is 18.3 Å². The van der Waals surface area contributed by atoms with Gasteiger partial charge in [-0.3, -0.25) is 0 Å². The summed E-state index contributed by atoms with van der Waals surface area (Å²) < 4.78 is 17.6. The van der Waals surface area contributed by atoms with Gasteiger partial charge < -0.3 is 19.3 Å². The first-order valence-electron chi connectivity index (χ1n) is 7.72. The molecule has 0 radical (unpaired) electrons. The Labute approximate surface area is 126 Å². The summed E-state index contributed by atoms with van der Waals surface area (Å²) in [6, 6.07) is 0. The Bertz CT molecular complexity index is 511. The van der Waals surface area contributed by atoms with E-state index in [0.29, 0.717) is 0 Å². The zero-order valence-electron chi connectivity index (χ0n) is 13.1. The molecule has 2 heterocycles. The van der Waals surface area contributed by atoms with Gasteiger partial charge in [0, 0.05) is 22.1 Å². The molecule has 0 aliphatic carbocycles. The molecule has 3 rings (SSSR count). The fourth-order valence-corrected chi connectivity index (χ4v) is 3.41. The number of methoxy groups -OCH3 is 1. The van der Waals surface area contributed by atoms with Gasteiger partial charge in [0.15, 0.2) is 11.5 Å². The zero-order valence-corrected chi connectivity index (χ0v) is 13.1. The Balaban J connectivity index is 2.31. The molecule has 0 amide bonds. The Morgan fingerprint density at radius 3 is 2.29 bits per heavy atom. The Hall–Kier alpha value is -1.42. The standard InChI is InChI=1S/C17H24O4/c1-17(2,10-18)13-11-6-4-9-21-16(11)15(19-3)12-7-5-8-20-14(12)13/h18H,4-10H2,1-3H3. The number of hydrogen-bond acceptors (Lipinski definition) is 4. The number of hydrogen-bond donors (Lipinski definition) is 1. The maximum Gasteiger partial charge on any atom is 0.167 e. The average Bonchev–Trinajstić information content (AvgIpc) is 2.52. The maximum atomic E-state index is 9.85. The van der Waals surface area contributed by atoms with Crippen LogP contribution in [0, 0.1) is 0 Å². The fraction of sp³-hybridized carbons (Fsp3) is 0.647. The van der Waals surface area contributed by atoms with E-state index in [1.807, 2.05) is 0 Å². The molecule has 0 bridgehead atoms. The number of benzene rings is 1. The summed E-state index contributed by atoms with van der Waals surface area (Å²) in [6.45, 7) is 5.65. The molecule has 21 heavy (non-hydrogen) atoms. The van der Waals surface area contributed by atoms with Crippen LogP contribution in [0.2, 0.25) is 0 Å². The van der Waals surface area contributed by atoms with Gasteiger partial charge in [0.25, 0.3) is 0 Å². The summed E-state index contributed by atoms with van der Waals surface area (Å²) in [7, 11) is 1.69. The van der Waals surface area contributed by atoms with Crippen molar-refractivity contribution < 1.29 is 19.3 Å². The van der Waals surface area contributed by atoms with E-state index in [1.54, 1.807) is 7.11 Å². The topological polar surface area (TPSA) is 47.9 Å². The van der Waals surface area contributed by atoms with E-state index in [1.165, 1.54) is 0 Å². The summed E-state index contributed by atoms with van der Waals surface area (Å²) in [4.78, 5) is 0. The molecular weight excluding hydrogens is 268 g/mol. The largest absolute Gasteiger partial charge is 0.493 e. The van der Waals surface area contributed by atoms with E-state index in [4.69, 9.17) is 14.2 Å². The van der Waals surface area contributed by atoms with E-state index < -0.39 is 0 Å². The second-order valence-electron chi connectivity index (χ2n) is 6.47. The van der Waals surface area contributed by atoms with Crippen LogP contribution in [0.5, 0.6) is 17.2 Å². The molecule has 1 aromatic rings. The van der Waals surface area contributed by atoms with Crippen LogP contribution in [0.25, 0.3) is 0 Å². The monoisotopic (exact) mass is 292 g/mol. The van der Waals surface area contributed by atoms with Crippen molar-refractivity contribution in [1.82, 2.24) is 0 Å². The first-order valence-corrected chi connectivity index (χ1v) is 7.72. The van der Waals surface area contributed by atoms with Crippen molar-refractivity contribution in [2.45, 2.75) is 44.9 Å². The second-order valence-corrected chi connectivity index (χ2v) is 6.47. The molecule has 0 unspecified atom stereocenters. The highest BCUT2D eigenvalue weighted by Gasteiger charge is 2.36. The van der Waals surface area contributed by atoms with Gasteiger partial charge >= 0.3 is 0 Å². The van der Waals surface area contributed by atoms with E-state index in [0.717, 1.165) is 72.8 Å². The molecule has 4 heteroatoms. The summed E-state index contributed by atoms with van der Waals surface area (Å²) >= 11 is 0. The molecule has 0 fully saturated rings. The van der Waals surface area contributed by atoms with Gasteiger partial charge in [-0.2, -0.15) is 0 Å². The van der Waals surface area contributed by atoms with Crippen LogP contribution >= 0.6 is 0 Å². The maximum absolute atomic E-state index is 9.85. The first-order chi connectivity index (χ1) is 10.1. The van der Waals surface area contributed by atoms with Gasteiger partial charge in [0.05, 0.1) is 26.9 Å². The molecule has 0 aromatic heterocycles. The smallest absolute Gasteiger partial charge is 0.167 e. The number of aliphatic hydroxyl groups is 1. The molecule has 0 saturated heterocycles. The number of fused-ring (bicyclic) bond motifs is 2. The minimum Gasteiger partial charge on any atom is -0.493 e. The van der Waals surface area contributed by atoms with Gasteiger partial charge in [-0.05, 0) is 25.7 Å². The lowest BCUT2D eigenvalue weighted by Gasteiger charge is -2.35. The third-order valence-electron chi connectivity index (χ3n) is 4.47. The summed E-state index contributed by atoms with van der Waals surface area (Å²) in [6.07, 6.45) is 3.86. The molecule has 0 atom stereocenters. The van der Waals surface area contributed by atoms with Crippen LogP contribution in [0.15, 0.2) is 0 Å². The Morgan fingerprint density at radius 2 is 1.67 bits per heavy atom. The average molecular weight is 292 g/mol. The molecule has 116 valence electrons. The second kappa shape index (κ2) is 5.41. The number of ether oxygens (including phenoxy) is 3. The highest BCUT2D eigenvalue weighted by molar-refractivity contribution is 5.66. The van der Waals surface area contributed by atoms with Crippen LogP contribution in [-0.4, -0.2) is 32.0 Å². The van der Waals surface area contributed by atoms with Crippen LogP contribution in [0.4, 0.5) is 0 Å². The van der Waals surface area contributed by atoms with E-state index >= 15 is 0 Å². The minimum absolute atomic E-state index is 0.0849. The van der Waals surface area contributed by atoms with Crippen LogP contribution < -0.4 is 14.2 Å². The summed E-state index contributed by atoms with van der Waals surface area (Å²) in [5.74, 6) is 2.61. The lowest BCUT2D eigenvalue weighted by atomic mass is 9.77. The van der Waals surface area contributed by atoms with Crippen molar-refractivity contribution in [3.05, 3.63) is 16.7 Å². The summed E-state index contributed by atoms with van der Waals surface area (Å²) in [5.41, 5.74) is 3.01. The molecule has 1 N–H and O–H groups in total. The predicted molar refractivity (Wildman–Crippen MR) is 80.7 cm³/mol. The zero-order chi connectivity index (χ0) is 15.0. The molecule has 4 nitrogen and oxygen atoms in total. The van der Waals surface area contributed by atoms with Crippen molar-refractivity contribution in [2.24, 2.45) is 0 Å². The lowest BCUT2D eigenvalue weighted by molar-refractivity contribution is 0.202. The van der Waals surface area contributed by atoms with E-state index in [-0.39, 0.29) is 12.0 Å². The quantitative estimate of drug-likeness (QED) is 0.930. The van der Waals surface area contributed by atoms with E-state index in [9.17, 15) is 5.11 Å². The van der Waals surface area contributed by atoms with Gasteiger partial charge in [-0.15, -0.1) is 0 Å². The van der Waals surface area contributed by atoms with E-state index in [2.05, 4.69) is 13.8 Å². The van der Waals surface area contributed by atoms with Crippen LogP contribution in [0.1, 0.15) is 43.4 Å². The lowest BCUT2D eigenvalue weighted by Crippen LogP contribution is -2.29. The Kier molecular flexibility index (Phi) is 3.74. The molecule has 2 aliphatic heterocycles. The molecule has 0 spiro atoms. The molecule has 0 saturated carbocycles. The molecule has 1 aromatic carbocycles. The van der Waals surface area contributed by atoms with Gasteiger partial charge in [0.1, 0.15) is 5.75 Å². The van der Waals surface area contributed by atoms with Crippen molar-refractivity contribution in [2.75, 3.05) is 26.9 Å². The predicted octanol–water partition coefficient (Wildman–Crippen LogP) is 2.62. The number of aliphatic hydroxyl groups excluding tert-OH is 1. The molecular formula is C17H24O4. The van der Waals surface area contributed by atoms with Crippen molar-refractivity contribution in [3.8, 4) is 17.2 Å². The third kappa shape index (κ3) is 2.26. The Morgan fingerprint density at radius 1 is 1.05 bits per heavy atom. The van der Waals surface area contributed by atoms with Gasteiger partial charge in [-0.1, -0.05) is 13.8 Å². The fourth-order valence-electron chi connectivity index (χ4n) is 3.41. The highest BCUT2D eigenvalue weighted by Crippen LogP contribution is 2.51. The van der Waals surface area contributed by atoms with Crippen LogP contribution in [0.3, 0.4) is 0 Å². The number of rotatable bonds is 3.